The molecule has 0 amide bonds. The number of nitrogens with one attached hydrogen (secondary N) is 1. The van der Waals surface area contributed by atoms with Crippen LogP contribution in [0.25, 0.3) is 0 Å². The Labute approximate surface area is 122 Å². The lowest BCUT2D eigenvalue weighted by molar-refractivity contribution is -0.00415. The maximum Gasteiger partial charge on any atom is 0.265 e. The van der Waals surface area contributed by atoms with E-state index in [2.05, 4.69) is 17.4 Å². The fraction of sp³-hybridized carbons (Fsp3) is 0.294. The molecule has 4 heteroatoms. The summed E-state index contributed by atoms with van der Waals surface area (Å²) in [5.74, 6) is 0. The standard InChI is InChI=1S/C17H17F2NO/c18-17(19)15(21)10-20-16-13-7-3-1-5-11(13)9-12-6-2-4-8-14(12)16/h1-8,15-17,20-21H,9-10H2. The molecule has 0 aliphatic heterocycles. The molecule has 0 fully saturated rings. The quantitative estimate of drug-likeness (QED) is 0.907. The van der Waals surface area contributed by atoms with Crippen molar-refractivity contribution in [2.75, 3.05) is 6.54 Å². The summed E-state index contributed by atoms with van der Waals surface area (Å²) in [5.41, 5.74) is 4.58. The summed E-state index contributed by atoms with van der Waals surface area (Å²) in [6, 6.07) is 15.9. The lowest BCUT2D eigenvalue weighted by atomic mass is 9.82. The van der Waals surface area contributed by atoms with Gasteiger partial charge in [-0.25, -0.2) is 8.78 Å². The molecule has 110 valence electrons. The van der Waals surface area contributed by atoms with Gasteiger partial charge in [-0.15, -0.1) is 0 Å². The molecule has 0 aromatic heterocycles. The first-order chi connectivity index (χ1) is 10.2. The van der Waals surface area contributed by atoms with Gasteiger partial charge in [-0.3, -0.25) is 0 Å². The van der Waals surface area contributed by atoms with Gasteiger partial charge in [-0.05, 0) is 28.7 Å². The molecule has 1 aliphatic rings. The van der Waals surface area contributed by atoms with Crippen LogP contribution in [-0.2, 0) is 6.42 Å². The molecule has 1 aliphatic carbocycles. The zero-order valence-corrected chi connectivity index (χ0v) is 11.5. The Morgan fingerprint density at radius 1 is 1.00 bits per heavy atom. The SMILES string of the molecule is OC(CNC1c2ccccc2Cc2ccccc21)C(F)F. The van der Waals surface area contributed by atoms with E-state index in [0.717, 1.165) is 17.5 Å². The van der Waals surface area contributed by atoms with Crippen LogP contribution in [-0.4, -0.2) is 24.2 Å². The zero-order chi connectivity index (χ0) is 14.8. The highest BCUT2D eigenvalue weighted by molar-refractivity contribution is 5.48. The number of fused-ring (bicyclic) bond motifs is 2. The number of aliphatic hydroxyl groups is 1. The molecule has 0 saturated heterocycles. The molecule has 0 heterocycles. The molecule has 2 N–H and O–H groups in total. The van der Waals surface area contributed by atoms with Gasteiger partial charge in [-0.2, -0.15) is 0 Å². The lowest BCUT2D eigenvalue weighted by Gasteiger charge is -2.30. The molecular formula is C17H17F2NO. The van der Waals surface area contributed by atoms with Crippen LogP contribution in [0, 0.1) is 0 Å². The number of aliphatic hydroxyl groups excluding tert-OH is 1. The Kier molecular flexibility index (Phi) is 3.99. The van der Waals surface area contributed by atoms with Gasteiger partial charge in [0.1, 0.15) is 6.10 Å². The molecule has 2 nitrogen and oxygen atoms in total. The third kappa shape index (κ3) is 2.82. The molecular weight excluding hydrogens is 272 g/mol. The predicted octanol–water partition coefficient (Wildman–Crippen LogP) is 2.90. The van der Waals surface area contributed by atoms with E-state index in [1.807, 2.05) is 36.4 Å². The van der Waals surface area contributed by atoms with Crippen LogP contribution in [0.1, 0.15) is 28.3 Å². The third-order valence-corrected chi connectivity index (χ3v) is 3.94. The van der Waals surface area contributed by atoms with Gasteiger partial charge in [0.25, 0.3) is 6.43 Å². The molecule has 2 aromatic rings. The van der Waals surface area contributed by atoms with Gasteiger partial charge < -0.3 is 10.4 Å². The highest BCUT2D eigenvalue weighted by Crippen LogP contribution is 2.34. The normalized spacial score (nSPS) is 15.6. The molecule has 2 aromatic carbocycles. The smallest absolute Gasteiger partial charge is 0.265 e. The van der Waals surface area contributed by atoms with Crippen molar-refractivity contribution in [1.82, 2.24) is 5.32 Å². The minimum Gasteiger partial charge on any atom is -0.386 e. The van der Waals surface area contributed by atoms with Crippen molar-refractivity contribution < 1.29 is 13.9 Å². The predicted molar refractivity (Wildman–Crippen MR) is 77.5 cm³/mol. The van der Waals surface area contributed by atoms with Gasteiger partial charge in [0.2, 0.25) is 0 Å². The maximum absolute atomic E-state index is 12.5. The Balaban J connectivity index is 1.91. The Morgan fingerprint density at radius 2 is 1.52 bits per heavy atom. The van der Waals surface area contributed by atoms with Crippen LogP contribution in [0.2, 0.25) is 0 Å². The van der Waals surface area contributed by atoms with Gasteiger partial charge in [-0.1, -0.05) is 48.5 Å². The average molecular weight is 289 g/mol. The van der Waals surface area contributed by atoms with Crippen LogP contribution in [0.5, 0.6) is 0 Å². The van der Waals surface area contributed by atoms with Crippen LogP contribution < -0.4 is 5.32 Å². The summed E-state index contributed by atoms with van der Waals surface area (Å²) < 4.78 is 25.0. The molecule has 21 heavy (non-hydrogen) atoms. The van der Waals surface area contributed by atoms with E-state index in [4.69, 9.17) is 0 Å². The first kappa shape index (κ1) is 14.2. The minimum atomic E-state index is -2.73. The second-order valence-electron chi connectivity index (χ2n) is 5.32. The van der Waals surface area contributed by atoms with Crippen molar-refractivity contribution in [3.63, 3.8) is 0 Å². The number of halogens is 2. The second-order valence-corrected chi connectivity index (χ2v) is 5.32. The maximum atomic E-state index is 12.5. The molecule has 0 spiro atoms. The van der Waals surface area contributed by atoms with Crippen LogP contribution >= 0.6 is 0 Å². The number of hydrogen-bond acceptors (Lipinski definition) is 2. The largest absolute Gasteiger partial charge is 0.386 e. The summed E-state index contributed by atoms with van der Waals surface area (Å²) in [5, 5.41) is 12.4. The summed E-state index contributed by atoms with van der Waals surface area (Å²) in [6.45, 7) is -0.134. The van der Waals surface area contributed by atoms with Crippen molar-refractivity contribution in [2.45, 2.75) is 25.0 Å². The van der Waals surface area contributed by atoms with Crippen molar-refractivity contribution in [3.8, 4) is 0 Å². The van der Waals surface area contributed by atoms with Crippen LogP contribution in [0.15, 0.2) is 48.5 Å². The lowest BCUT2D eigenvalue weighted by Crippen LogP contribution is -2.36. The van der Waals surface area contributed by atoms with Gasteiger partial charge in [0, 0.05) is 6.54 Å². The Hall–Kier alpha value is -1.78. The molecule has 0 saturated carbocycles. The van der Waals surface area contributed by atoms with Crippen molar-refractivity contribution in [3.05, 3.63) is 70.8 Å². The summed E-state index contributed by atoms with van der Waals surface area (Å²) >= 11 is 0. The van der Waals surface area contributed by atoms with Crippen molar-refractivity contribution in [2.24, 2.45) is 0 Å². The molecule has 1 atom stereocenters. The van der Waals surface area contributed by atoms with Crippen molar-refractivity contribution in [1.29, 1.82) is 0 Å². The van der Waals surface area contributed by atoms with Gasteiger partial charge >= 0.3 is 0 Å². The van der Waals surface area contributed by atoms with E-state index in [1.54, 1.807) is 0 Å². The summed E-state index contributed by atoms with van der Waals surface area (Å²) in [6.07, 6.45) is -3.53. The Bertz CT molecular complexity index is 584. The van der Waals surface area contributed by atoms with Crippen molar-refractivity contribution >= 4 is 0 Å². The molecule has 0 radical (unpaired) electrons. The highest BCUT2D eigenvalue weighted by atomic mass is 19.3. The minimum absolute atomic E-state index is 0.134. The van der Waals surface area contributed by atoms with Crippen LogP contribution in [0.4, 0.5) is 8.78 Å². The number of alkyl halides is 2. The van der Waals surface area contributed by atoms with E-state index in [9.17, 15) is 13.9 Å². The van der Waals surface area contributed by atoms with Gasteiger partial charge in [0.05, 0.1) is 6.04 Å². The highest BCUT2D eigenvalue weighted by Gasteiger charge is 2.26. The van der Waals surface area contributed by atoms with Gasteiger partial charge in [0.15, 0.2) is 0 Å². The fourth-order valence-corrected chi connectivity index (χ4v) is 2.87. The topological polar surface area (TPSA) is 32.3 Å². The third-order valence-electron chi connectivity index (χ3n) is 3.94. The second kappa shape index (κ2) is 5.92. The monoisotopic (exact) mass is 289 g/mol. The van der Waals surface area contributed by atoms with E-state index in [0.29, 0.717) is 0 Å². The molecule has 1 unspecified atom stereocenters. The number of benzene rings is 2. The zero-order valence-electron chi connectivity index (χ0n) is 11.5. The number of hydrogen-bond donors (Lipinski definition) is 2. The first-order valence-electron chi connectivity index (χ1n) is 7.02. The first-order valence-corrected chi connectivity index (χ1v) is 7.02. The Morgan fingerprint density at radius 3 is 2.05 bits per heavy atom. The summed E-state index contributed by atoms with van der Waals surface area (Å²) in [7, 11) is 0. The van der Waals surface area contributed by atoms with E-state index >= 15 is 0 Å². The number of rotatable bonds is 4. The summed E-state index contributed by atoms with van der Waals surface area (Å²) in [4.78, 5) is 0. The van der Waals surface area contributed by atoms with E-state index in [1.165, 1.54) is 11.1 Å². The molecule has 0 bridgehead atoms. The fourth-order valence-electron chi connectivity index (χ4n) is 2.87. The van der Waals surface area contributed by atoms with E-state index < -0.39 is 12.5 Å². The average Bonchev–Trinajstić information content (AvgIpc) is 2.51. The van der Waals surface area contributed by atoms with E-state index in [-0.39, 0.29) is 12.6 Å². The molecule has 3 rings (SSSR count). The van der Waals surface area contributed by atoms with Crippen LogP contribution in [0.3, 0.4) is 0 Å².